The van der Waals surface area contributed by atoms with Crippen LogP contribution in [-0.2, 0) is 0 Å². The first kappa shape index (κ1) is 17.9. The average molecular weight is 341 g/mol. The van der Waals surface area contributed by atoms with Gasteiger partial charge >= 0.3 is 0 Å². The topological polar surface area (TPSA) is 85.7 Å². The maximum absolute atomic E-state index is 10.8. The zero-order valence-electron chi connectivity index (χ0n) is 13.9. The van der Waals surface area contributed by atoms with E-state index in [0.717, 1.165) is 17.6 Å². The highest BCUT2D eigenvalue weighted by atomic mass is 16.6. The van der Waals surface area contributed by atoms with Gasteiger partial charge in [-0.15, -0.1) is 0 Å². The van der Waals surface area contributed by atoms with Crippen LogP contribution in [0.15, 0.2) is 72.7 Å². The Kier molecular flexibility index (Phi) is 6.41. The Bertz CT molecular complexity index is 753. The van der Waals surface area contributed by atoms with E-state index < -0.39 is 4.92 Å². The lowest BCUT2D eigenvalue weighted by atomic mass is 10.3. The van der Waals surface area contributed by atoms with Gasteiger partial charge in [-0.25, -0.2) is 0 Å². The van der Waals surface area contributed by atoms with Gasteiger partial charge in [0.15, 0.2) is 0 Å². The highest BCUT2D eigenvalue weighted by Gasteiger charge is 2.01. The van der Waals surface area contributed by atoms with Gasteiger partial charge in [-0.1, -0.05) is 0 Å². The molecular formula is C18H19N3O4. The van der Waals surface area contributed by atoms with Crippen LogP contribution in [0.25, 0.3) is 0 Å². The second-order valence-electron chi connectivity index (χ2n) is 4.93. The summed E-state index contributed by atoms with van der Waals surface area (Å²) < 4.78 is 10.2. The molecule has 0 spiro atoms. The molecule has 2 aromatic rings. The van der Waals surface area contributed by atoms with E-state index in [4.69, 9.17) is 9.47 Å². The molecule has 7 nitrogen and oxygen atoms in total. The Balaban J connectivity index is 2.04. The van der Waals surface area contributed by atoms with Gasteiger partial charge in [-0.2, -0.15) is 0 Å². The molecule has 25 heavy (non-hydrogen) atoms. The molecule has 0 unspecified atom stereocenters. The molecule has 0 aliphatic carbocycles. The second-order valence-corrected chi connectivity index (χ2v) is 4.93. The fraction of sp³-hybridized carbons (Fsp3) is 0.111. The Hall–Kier alpha value is -3.48. The molecule has 0 aliphatic heterocycles. The third-order valence-electron chi connectivity index (χ3n) is 3.23. The van der Waals surface area contributed by atoms with Crippen LogP contribution in [0.1, 0.15) is 0 Å². The first-order chi connectivity index (χ1) is 12.1. The molecule has 0 bridgehead atoms. The lowest BCUT2D eigenvalue weighted by molar-refractivity contribution is -0.403. The molecule has 130 valence electrons. The number of nitrogens with one attached hydrogen (secondary N) is 2. The van der Waals surface area contributed by atoms with Crippen molar-refractivity contribution in [3.8, 4) is 11.5 Å². The van der Waals surface area contributed by atoms with Gasteiger partial charge in [0.25, 0.3) is 6.20 Å². The van der Waals surface area contributed by atoms with Crippen molar-refractivity contribution in [1.29, 1.82) is 0 Å². The number of nitrogens with zero attached hydrogens (tertiary/aromatic N) is 1. The lowest BCUT2D eigenvalue weighted by Gasteiger charge is -2.07. The maximum atomic E-state index is 10.8. The minimum atomic E-state index is -0.510. The summed E-state index contributed by atoms with van der Waals surface area (Å²) in [6, 6.07) is 14.4. The first-order valence-electron chi connectivity index (χ1n) is 7.44. The van der Waals surface area contributed by atoms with Gasteiger partial charge in [0.2, 0.25) is 0 Å². The monoisotopic (exact) mass is 341 g/mol. The third kappa shape index (κ3) is 5.91. The van der Waals surface area contributed by atoms with Crippen molar-refractivity contribution >= 4 is 11.4 Å². The normalized spacial score (nSPS) is 11.2. The third-order valence-corrected chi connectivity index (χ3v) is 3.23. The van der Waals surface area contributed by atoms with Crippen LogP contribution in [0.5, 0.6) is 11.5 Å². The molecule has 2 N–H and O–H groups in total. The van der Waals surface area contributed by atoms with Gasteiger partial charge in [-0.3, -0.25) is 10.1 Å². The van der Waals surface area contributed by atoms with Gasteiger partial charge in [0.05, 0.1) is 19.1 Å². The lowest BCUT2D eigenvalue weighted by Crippen LogP contribution is -2.01. The molecule has 0 atom stereocenters. The summed E-state index contributed by atoms with van der Waals surface area (Å²) in [6.45, 7) is 0. The number of benzene rings is 2. The van der Waals surface area contributed by atoms with Crippen LogP contribution in [0, 0.1) is 10.1 Å². The highest BCUT2D eigenvalue weighted by Crippen LogP contribution is 2.18. The molecule has 0 radical (unpaired) electrons. The first-order valence-corrected chi connectivity index (χ1v) is 7.44. The predicted molar refractivity (Wildman–Crippen MR) is 97.5 cm³/mol. The van der Waals surface area contributed by atoms with Crippen molar-refractivity contribution in [1.82, 2.24) is 0 Å². The number of methoxy groups -OCH3 is 2. The molecule has 0 fully saturated rings. The number of hydrogen-bond acceptors (Lipinski definition) is 6. The summed E-state index contributed by atoms with van der Waals surface area (Å²) in [6.07, 6.45) is 4.10. The zero-order valence-corrected chi connectivity index (χ0v) is 13.9. The van der Waals surface area contributed by atoms with Crippen LogP contribution in [0.4, 0.5) is 11.4 Å². The number of hydrogen-bond donors (Lipinski definition) is 2. The summed E-state index contributed by atoms with van der Waals surface area (Å²) in [4.78, 5) is 10.3. The van der Waals surface area contributed by atoms with Gasteiger partial charge < -0.3 is 20.1 Å². The smallest absolute Gasteiger partial charge is 0.257 e. The fourth-order valence-electron chi connectivity index (χ4n) is 1.99. The molecule has 0 amide bonds. The standard InChI is InChI=1S/C18H19N3O4/c1-24-17-7-3-14(4-8-17)19-12-11-16(13-21(22)23)20-15-5-9-18(25-2)10-6-15/h3-13,19-20H,1-2H3. The van der Waals surface area contributed by atoms with Crippen molar-refractivity contribution in [3.05, 3.63) is 82.8 Å². The van der Waals surface area contributed by atoms with Crippen molar-refractivity contribution in [2.75, 3.05) is 24.9 Å². The summed E-state index contributed by atoms with van der Waals surface area (Å²) in [5, 5.41) is 16.8. The molecule has 7 heteroatoms. The number of nitro groups is 1. The molecule has 0 saturated heterocycles. The molecule has 0 heterocycles. The number of ether oxygens (including phenoxy) is 2. The Morgan fingerprint density at radius 2 is 1.48 bits per heavy atom. The summed E-state index contributed by atoms with van der Waals surface area (Å²) >= 11 is 0. The summed E-state index contributed by atoms with van der Waals surface area (Å²) in [7, 11) is 3.18. The highest BCUT2D eigenvalue weighted by molar-refractivity contribution is 5.53. The van der Waals surface area contributed by atoms with Gasteiger partial charge in [-0.05, 0) is 54.6 Å². The second kappa shape index (κ2) is 8.97. The zero-order chi connectivity index (χ0) is 18.1. The summed E-state index contributed by atoms with van der Waals surface area (Å²) in [5.41, 5.74) is 1.88. The van der Waals surface area contributed by atoms with Crippen molar-refractivity contribution in [3.63, 3.8) is 0 Å². The Morgan fingerprint density at radius 1 is 0.960 bits per heavy atom. The van der Waals surface area contributed by atoms with E-state index in [2.05, 4.69) is 10.6 Å². The van der Waals surface area contributed by atoms with Crippen LogP contribution in [0.2, 0.25) is 0 Å². The molecule has 2 aromatic carbocycles. The Morgan fingerprint density at radius 3 is 1.96 bits per heavy atom. The average Bonchev–Trinajstić information content (AvgIpc) is 2.62. The van der Waals surface area contributed by atoms with Crippen LogP contribution in [-0.4, -0.2) is 19.1 Å². The van der Waals surface area contributed by atoms with Gasteiger partial charge in [0.1, 0.15) is 17.2 Å². The van der Waals surface area contributed by atoms with Crippen molar-refractivity contribution in [2.24, 2.45) is 0 Å². The van der Waals surface area contributed by atoms with Crippen LogP contribution >= 0.6 is 0 Å². The minimum Gasteiger partial charge on any atom is -0.497 e. The van der Waals surface area contributed by atoms with Crippen LogP contribution in [0.3, 0.4) is 0 Å². The van der Waals surface area contributed by atoms with Crippen molar-refractivity contribution in [2.45, 2.75) is 0 Å². The maximum Gasteiger partial charge on any atom is 0.257 e. The van der Waals surface area contributed by atoms with E-state index in [1.807, 2.05) is 24.3 Å². The van der Waals surface area contributed by atoms with Crippen LogP contribution < -0.4 is 20.1 Å². The molecule has 2 rings (SSSR count). The summed E-state index contributed by atoms with van der Waals surface area (Å²) in [5.74, 6) is 1.46. The van der Waals surface area contributed by atoms with E-state index in [9.17, 15) is 10.1 Å². The van der Waals surface area contributed by atoms with Crippen molar-refractivity contribution < 1.29 is 14.4 Å². The molecule has 0 aliphatic rings. The predicted octanol–water partition coefficient (Wildman–Crippen LogP) is 3.86. The fourth-order valence-corrected chi connectivity index (χ4v) is 1.99. The van der Waals surface area contributed by atoms with E-state index in [1.54, 1.807) is 50.8 Å². The SMILES string of the molecule is COc1ccc(NC=CC(=C[N+](=O)[O-])Nc2ccc(OC)cc2)cc1. The quantitative estimate of drug-likeness (QED) is 0.431. The largest absolute Gasteiger partial charge is 0.497 e. The number of rotatable bonds is 8. The minimum absolute atomic E-state index is 0.330. The van der Waals surface area contributed by atoms with E-state index >= 15 is 0 Å². The molecule has 0 saturated carbocycles. The van der Waals surface area contributed by atoms with Gasteiger partial charge in [0, 0.05) is 17.6 Å². The van der Waals surface area contributed by atoms with E-state index in [0.29, 0.717) is 17.1 Å². The molecular weight excluding hydrogens is 322 g/mol. The number of anilines is 2. The molecule has 0 aromatic heterocycles. The van der Waals surface area contributed by atoms with E-state index in [1.165, 1.54) is 0 Å². The Labute approximate surface area is 145 Å². The number of allylic oxidation sites excluding steroid dienone is 1. The van der Waals surface area contributed by atoms with E-state index in [-0.39, 0.29) is 0 Å².